The minimum absolute atomic E-state index is 0.620. The van der Waals surface area contributed by atoms with E-state index < -0.39 is 0 Å². The van der Waals surface area contributed by atoms with E-state index in [1.165, 1.54) is 32.0 Å². The third-order valence-electron chi connectivity index (χ3n) is 3.85. The van der Waals surface area contributed by atoms with Crippen LogP contribution >= 0.6 is 11.3 Å². The predicted octanol–water partition coefficient (Wildman–Crippen LogP) is 3.53. The molecule has 0 atom stereocenters. The maximum Gasteiger partial charge on any atom is 0.0961 e. The van der Waals surface area contributed by atoms with E-state index in [2.05, 4.69) is 48.5 Å². The molecule has 0 aliphatic rings. The number of hydrogen-bond donors (Lipinski definition) is 1. The first-order chi connectivity index (χ1) is 9.58. The van der Waals surface area contributed by atoms with Gasteiger partial charge in [0.25, 0.3) is 0 Å². The van der Waals surface area contributed by atoms with Crippen LogP contribution in [0.3, 0.4) is 0 Å². The first-order valence-corrected chi connectivity index (χ1v) is 7.60. The lowest BCUT2D eigenvalue weighted by atomic mass is 10.1. The summed E-state index contributed by atoms with van der Waals surface area (Å²) < 4.78 is 2.22. The first-order valence-electron chi connectivity index (χ1n) is 6.79. The molecule has 4 heteroatoms. The van der Waals surface area contributed by atoms with E-state index in [0.717, 1.165) is 12.1 Å². The number of thiophene rings is 1. The third kappa shape index (κ3) is 2.25. The second-order valence-corrected chi connectivity index (χ2v) is 6.64. The molecule has 0 aliphatic heterocycles. The lowest BCUT2D eigenvalue weighted by Gasteiger charge is -2.06. The fourth-order valence-electron chi connectivity index (χ4n) is 2.47. The van der Waals surface area contributed by atoms with Crippen LogP contribution in [0.1, 0.15) is 26.4 Å². The summed E-state index contributed by atoms with van der Waals surface area (Å²) in [6.45, 7) is 7.92. The van der Waals surface area contributed by atoms with Crippen molar-refractivity contribution in [3.63, 3.8) is 0 Å². The second-order valence-electron chi connectivity index (χ2n) is 5.30. The zero-order chi connectivity index (χ0) is 14.3. The molecule has 20 heavy (non-hydrogen) atoms. The van der Waals surface area contributed by atoms with Crippen LogP contribution in [-0.2, 0) is 13.1 Å². The molecule has 0 saturated carbocycles. The summed E-state index contributed by atoms with van der Waals surface area (Å²) in [5.41, 5.74) is 11.9. The monoisotopic (exact) mass is 285 g/mol. The van der Waals surface area contributed by atoms with Crippen LogP contribution in [0.2, 0.25) is 0 Å². The maximum atomic E-state index is 5.72. The lowest BCUT2D eigenvalue weighted by molar-refractivity contribution is 0.822. The number of aromatic nitrogens is 2. The minimum atomic E-state index is 0.620. The van der Waals surface area contributed by atoms with Gasteiger partial charge in [-0.3, -0.25) is 0 Å². The van der Waals surface area contributed by atoms with E-state index in [1.807, 2.05) is 6.33 Å². The molecule has 2 aromatic heterocycles. The topological polar surface area (TPSA) is 43.8 Å². The van der Waals surface area contributed by atoms with E-state index in [-0.39, 0.29) is 0 Å². The Morgan fingerprint density at radius 3 is 2.60 bits per heavy atom. The molecule has 0 spiro atoms. The number of rotatable bonds is 3. The van der Waals surface area contributed by atoms with Gasteiger partial charge in [0.2, 0.25) is 0 Å². The van der Waals surface area contributed by atoms with Crippen molar-refractivity contribution in [2.45, 2.75) is 33.9 Å². The Bertz CT molecular complexity index is 767. The average molecular weight is 285 g/mol. The van der Waals surface area contributed by atoms with Crippen LogP contribution in [0, 0.1) is 20.8 Å². The smallest absolute Gasteiger partial charge is 0.0961 e. The molecule has 3 aromatic rings. The van der Waals surface area contributed by atoms with E-state index in [9.17, 15) is 0 Å². The van der Waals surface area contributed by atoms with Crippen LogP contribution in [0.5, 0.6) is 0 Å². The van der Waals surface area contributed by atoms with Gasteiger partial charge in [0.15, 0.2) is 0 Å². The summed E-state index contributed by atoms with van der Waals surface area (Å²) in [5, 5.41) is 0. The van der Waals surface area contributed by atoms with Crippen molar-refractivity contribution in [3.05, 3.63) is 51.0 Å². The molecule has 0 bridgehead atoms. The Labute approximate surface area is 123 Å². The predicted molar refractivity (Wildman–Crippen MR) is 85.3 cm³/mol. The van der Waals surface area contributed by atoms with Crippen molar-refractivity contribution in [2.24, 2.45) is 5.73 Å². The SMILES string of the molecule is Cc1cc2ncn(Cc3cc(CN)sc3C)c2cc1C. The van der Waals surface area contributed by atoms with E-state index >= 15 is 0 Å². The van der Waals surface area contributed by atoms with E-state index in [1.54, 1.807) is 11.3 Å². The fraction of sp³-hybridized carbons (Fsp3) is 0.312. The Morgan fingerprint density at radius 1 is 1.15 bits per heavy atom. The van der Waals surface area contributed by atoms with Crippen molar-refractivity contribution < 1.29 is 0 Å². The second kappa shape index (κ2) is 5.04. The van der Waals surface area contributed by atoms with Gasteiger partial charge >= 0.3 is 0 Å². The summed E-state index contributed by atoms with van der Waals surface area (Å²) in [5.74, 6) is 0. The third-order valence-corrected chi connectivity index (χ3v) is 4.97. The molecule has 0 aliphatic carbocycles. The molecule has 0 amide bonds. The van der Waals surface area contributed by atoms with Crippen molar-refractivity contribution in [1.82, 2.24) is 9.55 Å². The summed E-state index contributed by atoms with van der Waals surface area (Å²) in [4.78, 5) is 7.10. The van der Waals surface area contributed by atoms with Gasteiger partial charge in [-0.1, -0.05) is 0 Å². The summed E-state index contributed by atoms with van der Waals surface area (Å²) in [6, 6.07) is 6.60. The molecule has 1 aromatic carbocycles. The van der Waals surface area contributed by atoms with Crippen LogP contribution in [-0.4, -0.2) is 9.55 Å². The van der Waals surface area contributed by atoms with Gasteiger partial charge in [0, 0.05) is 16.3 Å². The largest absolute Gasteiger partial charge is 0.326 e. The number of imidazole rings is 1. The van der Waals surface area contributed by atoms with Crippen molar-refractivity contribution in [3.8, 4) is 0 Å². The van der Waals surface area contributed by atoms with Crippen LogP contribution < -0.4 is 5.73 Å². The molecule has 0 saturated heterocycles. The molecule has 3 rings (SSSR count). The normalized spacial score (nSPS) is 11.4. The molecule has 0 radical (unpaired) electrons. The number of fused-ring (bicyclic) bond motifs is 1. The molecule has 0 fully saturated rings. The molecule has 104 valence electrons. The number of nitrogens with two attached hydrogens (primary N) is 1. The number of benzene rings is 1. The van der Waals surface area contributed by atoms with Crippen molar-refractivity contribution >= 4 is 22.4 Å². The molecule has 0 unspecified atom stereocenters. The van der Waals surface area contributed by atoms with Crippen molar-refractivity contribution in [1.29, 1.82) is 0 Å². The minimum Gasteiger partial charge on any atom is -0.326 e. The average Bonchev–Trinajstić information content (AvgIpc) is 2.96. The van der Waals surface area contributed by atoms with Gasteiger partial charge in [-0.25, -0.2) is 4.98 Å². The lowest BCUT2D eigenvalue weighted by Crippen LogP contribution is -1.98. The fourth-order valence-corrected chi connectivity index (χ4v) is 3.40. The highest BCUT2D eigenvalue weighted by Gasteiger charge is 2.09. The van der Waals surface area contributed by atoms with E-state index in [0.29, 0.717) is 6.54 Å². The summed E-state index contributed by atoms with van der Waals surface area (Å²) >= 11 is 1.79. The maximum absolute atomic E-state index is 5.72. The van der Waals surface area contributed by atoms with Gasteiger partial charge in [0.1, 0.15) is 0 Å². The molecule has 2 N–H and O–H groups in total. The summed E-state index contributed by atoms with van der Waals surface area (Å²) in [6.07, 6.45) is 1.93. The Kier molecular flexibility index (Phi) is 3.36. The standard InChI is InChI=1S/C16H19N3S/c1-10-4-15-16(5-11(10)2)19(9-18-15)8-13-6-14(7-17)20-12(13)3/h4-6,9H,7-8,17H2,1-3H3. The van der Waals surface area contributed by atoms with Crippen LogP contribution in [0.4, 0.5) is 0 Å². The van der Waals surface area contributed by atoms with Crippen LogP contribution in [0.15, 0.2) is 24.5 Å². The Morgan fingerprint density at radius 2 is 1.90 bits per heavy atom. The van der Waals surface area contributed by atoms with Crippen LogP contribution in [0.25, 0.3) is 11.0 Å². The number of nitrogens with zero attached hydrogens (tertiary/aromatic N) is 2. The highest BCUT2D eigenvalue weighted by atomic mass is 32.1. The zero-order valence-electron chi connectivity index (χ0n) is 12.1. The highest BCUT2D eigenvalue weighted by molar-refractivity contribution is 7.12. The van der Waals surface area contributed by atoms with Gasteiger partial charge in [-0.05, 0) is 55.7 Å². The quantitative estimate of drug-likeness (QED) is 0.800. The molecular weight excluding hydrogens is 266 g/mol. The van der Waals surface area contributed by atoms with Gasteiger partial charge in [0.05, 0.1) is 23.9 Å². The molecular formula is C16H19N3S. The van der Waals surface area contributed by atoms with Gasteiger partial charge in [-0.2, -0.15) is 0 Å². The number of hydrogen-bond acceptors (Lipinski definition) is 3. The zero-order valence-corrected chi connectivity index (χ0v) is 12.9. The molecule has 2 heterocycles. The Balaban J connectivity index is 2.02. The van der Waals surface area contributed by atoms with Gasteiger partial charge in [-0.15, -0.1) is 11.3 Å². The Hall–Kier alpha value is -1.65. The highest BCUT2D eigenvalue weighted by Crippen LogP contribution is 2.24. The number of aryl methyl sites for hydroxylation is 3. The van der Waals surface area contributed by atoms with Crippen molar-refractivity contribution in [2.75, 3.05) is 0 Å². The molecule has 3 nitrogen and oxygen atoms in total. The van der Waals surface area contributed by atoms with Gasteiger partial charge < -0.3 is 10.3 Å². The van der Waals surface area contributed by atoms with E-state index in [4.69, 9.17) is 5.73 Å². The summed E-state index contributed by atoms with van der Waals surface area (Å²) in [7, 11) is 0. The first kappa shape index (κ1) is 13.3.